The van der Waals surface area contributed by atoms with Crippen molar-refractivity contribution in [2.45, 2.75) is 6.42 Å². The standard InChI is InChI=1S/C11H8FN3O3/c12-7-3-1-6(2-4-7)10(17)11-14-9(18-15-11)5-8(13)16/h1-4H,5H2,(H2,13,16). The van der Waals surface area contributed by atoms with Gasteiger partial charge in [-0.3, -0.25) is 9.59 Å². The van der Waals surface area contributed by atoms with E-state index in [-0.39, 0.29) is 23.7 Å². The van der Waals surface area contributed by atoms with Crippen molar-refractivity contribution in [2.75, 3.05) is 0 Å². The van der Waals surface area contributed by atoms with Gasteiger partial charge in [0.1, 0.15) is 12.2 Å². The largest absolute Gasteiger partial charge is 0.369 e. The Kier molecular flexibility index (Phi) is 3.13. The Morgan fingerprint density at radius 3 is 2.56 bits per heavy atom. The van der Waals surface area contributed by atoms with Gasteiger partial charge in [-0.1, -0.05) is 5.16 Å². The maximum atomic E-state index is 12.7. The molecule has 2 aromatic rings. The SMILES string of the molecule is NC(=O)Cc1nc(C(=O)c2ccc(F)cc2)no1. The highest BCUT2D eigenvalue weighted by molar-refractivity contribution is 6.06. The van der Waals surface area contributed by atoms with Crippen LogP contribution in [0, 0.1) is 5.82 Å². The average molecular weight is 249 g/mol. The molecule has 0 saturated heterocycles. The van der Waals surface area contributed by atoms with E-state index in [1.807, 2.05) is 0 Å². The van der Waals surface area contributed by atoms with Gasteiger partial charge in [-0.15, -0.1) is 0 Å². The molecule has 0 atom stereocenters. The maximum Gasteiger partial charge on any atom is 0.243 e. The lowest BCUT2D eigenvalue weighted by Crippen LogP contribution is -2.14. The second-order valence-electron chi connectivity index (χ2n) is 3.49. The molecule has 1 aromatic heterocycles. The van der Waals surface area contributed by atoms with Gasteiger partial charge in [0.05, 0.1) is 0 Å². The lowest BCUT2D eigenvalue weighted by atomic mass is 10.1. The van der Waals surface area contributed by atoms with Crippen molar-refractivity contribution in [1.29, 1.82) is 0 Å². The number of carbonyl (C=O) groups excluding carboxylic acids is 2. The molecule has 0 aliphatic rings. The molecular weight excluding hydrogens is 241 g/mol. The molecule has 1 aromatic carbocycles. The summed E-state index contributed by atoms with van der Waals surface area (Å²) in [7, 11) is 0. The fourth-order valence-electron chi connectivity index (χ4n) is 1.30. The van der Waals surface area contributed by atoms with Gasteiger partial charge in [-0.2, -0.15) is 4.98 Å². The van der Waals surface area contributed by atoms with Gasteiger partial charge in [-0.25, -0.2) is 4.39 Å². The van der Waals surface area contributed by atoms with Crippen molar-refractivity contribution in [2.24, 2.45) is 5.73 Å². The first kappa shape index (κ1) is 11.9. The van der Waals surface area contributed by atoms with Gasteiger partial charge < -0.3 is 10.3 Å². The zero-order valence-corrected chi connectivity index (χ0v) is 9.09. The van der Waals surface area contributed by atoms with Crippen molar-refractivity contribution < 1.29 is 18.5 Å². The molecule has 2 rings (SSSR count). The molecule has 6 nitrogen and oxygen atoms in total. The number of ketones is 1. The van der Waals surface area contributed by atoms with Gasteiger partial charge in [0.25, 0.3) is 0 Å². The zero-order valence-electron chi connectivity index (χ0n) is 9.09. The highest BCUT2D eigenvalue weighted by Gasteiger charge is 2.17. The van der Waals surface area contributed by atoms with Crippen LogP contribution < -0.4 is 5.73 Å². The second kappa shape index (κ2) is 4.74. The van der Waals surface area contributed by atoms with E-state index >= 15 is 0 Å². The van der Waals surface area contributed by atoms with E-state index in [9.17, 15) is 14.0 Å². The number of carbonyl (C=O) groups is 2. The normalized spacial score (nSPS) is 10.3. The zero-order chi connectivity index (χ0) is 13.1. The van der Waals surface area contributed by atoms with E-state index < -0.39 is 17.5 Å². The second-order valence-corrected chi connectivity index (χ2v) is 3.49. The van der Waals surface area contributed by atoms with Gasteiger partial charge in [0, 0.05) is 5.56 Å². The van der Waals surface area contributed by atoms with E-state index in [4.69, 9.17) is 5.73 Å². The highest BCUT2D eigenvalue weighted by Crippen LogP contribution is 2.08. The molecule has 1 amide bonds. The Balaban J connectivity index is 2.21. The number of nitrogens with two attached hydrogens (primary N) is 1. The van der Waals surface area contributed by atoms with Crippen LogP contribution in [0.25, 0.3) is 0 Å². The Morgan fingerprint density at radius 1 is 1.28 bits per heavy atom. The molecule has 2 N–H and O–H groups in total. The van der Waals surface area contributed by atoms with Crippen LogP contribution in [0.4, 0.5) is 4.39 Å². The first-order valence-electron chi connectivity index (χ1n) is 4.97. The lowest BCUT2D eigenvalue weighted by Gasteiger charge is -1.94. The van der Waals surface area contributed by atoms with E-state index in [1.165, 1.54) is 12.1 Å². The van der Waals surface area contributed by atoms with Crippen molar-refractivity contribution in [3.8, 4) is 0 Å². The summed E-state index contributed by atoms with van der Waals surface area (Å²) < 4.78 is 17.4. The molecule has 92 valence electrons. The van der Waals surface area contributed by atoms with Gasteiger partial charge >= 0.3 is 0 Å². The molecule has 0 aliphatic carbocycles. The predicted octanol–water partition coefficient (Wildman–Crippen LogP) is 0.468. The van der Waals surface area contributed by atoms with E-state index in [1.54, 1.807) is 0 Å². The van der Waals surface area contributed by atoms with E-state index in [0.29, 0.717) is 0 Å². The Morgan fingerprint density at radius 2 is 1.94 bits per heavy atom. The molecular formula is C11H8FN3O3. The third-order valence-electron chi connectivity index (χ3n) is 2.10. The quantitative estimate of drug-likeness (QED) is 0.794. The summed E-state index contributed by atoms with van der Waals surface area (Å²) in [4.78, 5) is 26.2. The molecule has 0 bridgehead atoms. The Labute approximate surface area is 101 Å². The van der Waals surface area contributed by atoms with Crippen LogP contribution in [0.3, 0.4) is 0 Å². The third-order valence-corrected chi connectivity index (χ3v) is 2.10. The fourth-order valence-corrected chi connectivity index (χ4v) is 1.30. The minimum absolute atomic E-state index is 0.0343. The van der Waals surface area contributed by atoms with Crippen LogP contribution in [-0.2, 0) is 11.2 Å². The molecule has 0 unspecified atom stereocenters. The average Bonchev–Trinajstić information content (AvgIpc) is 2.76. The van der Waals surface area contributed by atoms with Crippen LogP contribution >= 0.6 is 0 Å². The number of rotatable bonds is 4. The Bertz CT molecular complexity index is 592. The van der Waals surface area contributed by atoms with Crippen molar-refractivity contribution in [1.82, 2.24) is 10.1 Å². The van der Waals surface area contributed by atoms with Crippen molar-refractivity contribution in [3.63, 3.8) is 0 Å². The number of amides is 1. The third kappa shape index (κ3) is 2.57. The number of nitrogens with zero attached hydrogens (tertiary/aromatic N) is 2. The monoisotopic (exact) mass is 249 g/mol. The van der Waals surface area contributed by atoms with Crippen LogP contribution in [0.2, 0.25) is 0 Å². The number of aromatic nitrogens is 2. The molecule has 7 heteroatoms. The highest BCUT2D eigenvalue weighted by atomic mass is 19.1. The van der Waals surface area contributed by atoms with Gasteiger partial charge in [0.2, 0.25) is 23.4 Å². The fraction of sp³-hybridized carbons (Fsp3) is 0.0909. The summed E-state index contributed by atoms with van der Waals surface area (Å²) in [5.41, 5.74) is 5.17. The van der Waals surface area contributed by atoms with E-state index in [0.717, 1.165) is 12.1 Å². The summed E-state index contributed by atoms with van der Waals surface area (Å²) >= 11 is 0. The number of halogens is 1. The topological polar surface area (TPSA) is 99.1 Å². The summed E-state index contributed by atoms with van der Waals surface area (Å²) in [6.45, 7) is 0. The summed E-state index contributed by atoms with van der Waals surface area (Å²) in [5, 5.41) is 3.43. The molecule has 0 radical (unpaired) electrons. The lowest BCUT2D eigenvalue weighted by molar-refractivity contribution is -0.117. The first-order valence-corrected chi connectivity index (χ1v) is 4.97. The molecule has 0 spiro atoms. The van der Waals surface area contributed by atoms with Crippen LogP contribution in [0.15, 0.2) is 28.8 Å². The molecule has 0 saturated carbocycles. The molecule has 0 fully saturated rings. The van der Waals surface area contributed by atoms with E-state index in [2.05, 4.69) is 14.7 Å². The van der Waals surface area contributed by atoms with Crippen molar-refractivity contribution >= 4 is 11.7 Å². The summed E-state index contributed by atoms with van der Waals surface area (Å²) in [6.07, 6.45) is -0.232. The van der Waals surface area contributed by atoms with Crippen LogP contribution in [-0.4, -0.2) is 21.8 Å². The molecule has 18 heavy (non-hydrogen) atoms. The maximum absolute atomic E-state index is 12.7. The molecule has 1 heterocycles. The first-order chi connectivity index (χ1) is 8.56. The summed E-state index contributed by atoms with van der Waals surface area (Å²) in [6, 6.07) is 4.92. The smallest absolute Gasteiger partial charge is 0.243 e. The van der Waals surface area contributed by atoms with Crippen molar-refractivity contribution in [3.05, 3.63) is 47.4 Å². The number of hydrogen-bond acceptors (Lipinski definition) is 5. The minimum Gasteiger partial charge on any atom is -0.369 e. The minimum atomic E-state index is -0.639. The number of primary amides is 1. The predicted molar refractivity (Wildman–Crippen MR) is 57.0 cm³/mol. The van der Waals surface area contributed by atoms with Gasteiger partial charge in [0.15, 0.2) is 0 Å². The van der Waals surface area contributed by atoms with Gasteiger partial charge in [-0.05, 0) is 24.3 Å². The number of hydrogen-bond donors (Lipinski definition) is 1. The van der Waals surface area contributed by atoms with Crippen LogP contribution in [0.5, 0.6) is 0 Å². The summed E-state index contributed by atoms with van der Waals surface area (Å²) in [5.74, 6) is -1.84. The molecule has 0 aliphatic heterocycles. The Hall–Kier alpha value is -2.57. The number of benzene rings is 1. The van der Waals surface area contributed by atoms with Crippen LogP contribution in [0.1, 0.15) is 22.1 Å².